The molecule has 1 amide bonds. The highest BCUT2D eigenvalue weighted by Crippen LogP contribution is 2.26. The second kappa shape index (κ2) is 6.62. The zero-order chi connectivity index (χ0) is 16.2. The van der Waals surface area contributed by atoms with Crippen molar-refractivity contribution in [2.45, 2.75) is 13.5 Å². The first kappa shape index (κ1) is 15.2. The lowest BCUT2D eigenvalue weighted by Gasteiger charge is -2.00. The van der Waals surface area contributed by atoms with Crippen LogP contribution >= 0.6 is 11.3 Å². The summed E-state index contributed by atoms with van der Waals surface area (Å²) < 4.78 is 10.1. The number of nitrogens with one attached hydrogen (secondary N) is 1. The van der Waals surface area contributed by atoms with Gasteiger partial charge in [-0.2, -0.15) is 0 Å². The summed E-state index contributed by atoms with van der Waals surface area (Å²) in [6, 6.07) is 9.34. The quantitative estimate of drug-likeness (QED) is 0.778. The van der Waals surface area contributed by atoms with Gasteiger partial charge in [-0.1, -0.05) is 5.16 Å². The fourth-order valence-corrected chi connectivity index (χ4v) is 2.84. The summed E-state index contributed by atoms with van der Waals surface area (Å²) in [5.74, 6) is 1.32. The molecule has 0 aliphatic heterocycles. The van der Waals surface area contributed by atoms with Crippen LogP contribution in [0.3, 0.4) is 0 Å². The zero-order valence-electron chi connectivity index (χ0n) is 12.7. The van der Waals surface area contributed by atoms with Crippen LogP contribution in [0.5, 0.6) is 5.75 Å². The van der Waals surface area contributed by atoms with Gasteiger partial charge in [-0.3, -0.25) is 4.79 Å². The van der Waals surface area contributed by atoms with Crippen LogP contribution in [0.15, 0.2) is 41.1 Å². The Morgan fingerprint density at radius 3 is 2.78 bits per heavy atom. The molecule has 1 aromatic carbocycles. The van der Waals surface area contributed by atoms with E-state index in [2.05, 4.69) is 15.5 Å². The molecule has 0 unspecified atom stereocenters. The molecule has 1 N–H and O–H groups in total. The average Bonchev–Trinajstić information content (AvgIpc) is 3.22. The van der Waals surface area contributed by atoms with E-state index < -0.39 is 0 Å². The molecule has 0 bridgehead atoms. The zero-order valence-corrected chi connectivity index (χ0v) is 13.5. The van der Waals surface area contributed by atoms with Crippen LogP contribution in [0.1, 0.15) is 21.1 Å². The topological polar surface area (TPSA) is 77.2 Å². The Morgan fingerprint density at radius 2 is 2.13 bits per heavy atom. The molecule has 0 spiro atoms. The lowest BCUT2D eigenvalue weighted by Crippen LogP contribution is -2.21. The molecule has 0 aliphatic carbocycles. The SMILES string of the molecule is COc1ccc(-c2ncc(C(=O)NCc3cc(C)on3)s2)cc1. The lowest BCUT2D eigenvalue weighted by atomic mass is 10.2. The largest absolute Gasteiger partial charge is 0.497 e. The van der Waals surface area contributed by atoms with E-state index in [0.29, 0.717) is 22.9 Å². The molecule has 0 saturated carbocycles. The molecule has 0 aliphatic rings. The third-order valence-corrected chi connectivity index (χ3v) is 4.22. The molecule has 7 heteroatoms. The summed E-state index contributed by atoms with van der Waals surface area (Å²) in [4.78, 5) is 17.0. The highest BCUT2D eigenvalue weighted by Gasteiger charge is 2.12. The Bertz CT molecular complexity index is 808. The van der Waals surface area contributed by atoms with Gasteiger partial charge in [0.2, 0.25) is 0 Å². The van der Waals surface area contributed by atoms with Crippen molar-refractivity contribution >= 4 is 17.2 Å². The van der Waals surface area contributed by atoms with Gasteiger partial charge in [0, 0.05) is 11.6 Å². The van der Waals surface area contributed by atoms with E-state index in [0.717, 1.165) is 16.3 Å². The van der Waals surface area contributed by atoms with E-state index in [9.17, 15) is 4.79 Å². The molecule has 118 valence electrons. The lowest BCUT2D eigenvalue weighted by molar-refractivity contribution is 0.0954. The molecule has 2 aromatic heterocycles. The molecule has 0 fully saturated rings. The van der Waals surface area contributed by atoms with Crippen molar-refractivity contribution in [3.8, 4) is 16.3 Å². The second-order valence-corrected chi connectivity index (χ2v) is 5.90. The van der Waals surface area contributed by atoms with Gasteiger partial charge >= 0.3 is 0 Å². The number of hydrogen-bond acceptors (Lipinski definition) is 6. The Morgan fingerprint density at radius 1 is 1.35 bits per heavy atom. The van der Waals surface area contributed by atoms with E-state index in [-0.39, 0.29) is 5.91 Å². The Hall–Kier alpha value is -2.67. The van der Waals surface area contributed by atoms with Crippen LogP contribution in [-0.4, -0.2) is 23.2 Å². The molecule has 0 atom stereocenters. The Labute approximate surface area is 137 Å². The maximum absolute atomic E-state index is 12.2. The van der Waals surface area contributed by atoms with Gasteiger partial charge in [0.25, 0.3) is 5.91 Å². The van der Waals surface area contributed by atoms with Crippen LogP contribution in [0, 0.1) is 6.92 Å². The normalized spacial score (nSPS) is 10.5. The monoisotopic (exact) mass is 329 g/mol. The van der Waals surface area contributed by atoms with Gasteiger partial charge < -0.3 is 14.6 Å². The highest BCUT2D eigenvalue weighted by atomic mass is 32.1. The number of amides is 1. The first-order valence-electron chi connectivity index (χ1n) is 6.96. The molecule has 0 saturated heterocycles. The van der Waals surface area contributed by atoms with Crippen molar-refractivity contribution < 1.29 is 14.1 Å². The third kappa shape index (κ3) is 3.57. The Kier molecular flexibility index (Phi) is 4.38. The molecule has 23 heavy (non-hydrogen) atoms. The third-order valence-electron chi connectivity index (χ3n) is 3.17. The fraction of sp³-hybridized carbons (Fsp3) is 0.188. The van der Waals surface area contributed by atoms with Gasteiger partial charge in [0.05, 0.1) is 19.9 Å². The minimum Gasteiger partial charge on any atom is -0.497 e. The van der Waals surface area contributed by atoms with Gasteiger partial charge in [0.1, 0.15) is 27.1 Å². The van der Waals surface area contributed by atoms with Crippen LogP contribution < -0.4 is 10.1 Å². The first-order valence-corrected chi connectivity index (χ1v) is 7.78. The van der Waals surface area contributed by atoms with Gasteiger partial charge in [0.15, 0.2) is 0 Å². The summed E-state index contributed by atoms with van der Waals surface area (Å²) in [6.45, 7) is 2.13. The number of carbonyl (C=O) groups is 1. The number of hydrogen-bond donors (Lipinski definition) is 1. The number of nitrogens with zero attached hydrogens (tertiary/aromatic N) is 2. The number of carbonyl (C=O) groups excluding carboxylic acids is 1. The summed E-state index contributed by atoms with van der Waals surface area (Å²) in [6.07, 6.45) is 1.58. The predicted octanol–water partition coefficient (Wildman–Crippen LogP) is 3.05. The Balaban J connectivity index is 1.66. The van der Waals surface area contributed by atoms with Crippen molar-refractivity contribution in [3.05, 3.63) is 52.9 Å². The summed E-state index contributed by atoms with van der Waals surface area (Å²) in [7, 11) is 1.62. The summed E-state index contributed by atoms with van der Waals surface area (Å²) >= 11 is 1.34. The van der Waals surface area contributed by atoms with E-state index >= 15 is 0 Å². The molecular formula is C16H15N3O3S. The van der Waals surface area contributed by atoms with E-state index in [1.54, 1.807) is 19.4 Å². The van der Waals surface area contributed by atoms with Gasteiger partial charge in [-0.15, -0.1) is 11.3 Å². The molecule has 6 nitrogen and oxygen atoms in total. The van der Waals surface area contributed by atoms with Crippen molar-refractivity contribution in [1.82, 2.24) is 15.5 Å². The molecule has 0 radical (unpaired) electrons. The standard InChI is InChI=1S/C16H15N3O3S/c1-10-7-12(19-22-10)8-17-15(20)14-9-18-16(23-14)11-3-5-13(21-2)6-4-11/h3-7,9H,8H2,1-2H3,(H,17,20). The maximum atomic E-state index is 12.2. The molecule has 2 heterocycles. The number of rotatable bonds is 5. The van der Waals surface area contributed by atoms with Crippen LogP contribution in [0.4, 0.5) is 0 Å². The number of ether oxygens (including phenoxy) is 1. The van der Waals surface area contributed by atoms with Crippen molar-refractivity contribution in [2.24, 2.45) is 0 Å². The van der Waals surface area contributed by atoms with Crippen LogP contribution in [0.25, 0.3) is 10.6 Å². The van der Waals surface area contributed by atoms with E-state index in [1.807, 2.05) is 31.2 Å². The predicted molar refractivity (Wildman–Crippen MR) is 86.5 cm³/mol. The number of benzene rings is 1. The smallest absolute Gasteiger partial charge is 0.263 e. The maximum Gasteiger partial charge on any atom is 0.263 e. The minimum atomic E-state index is -0.178. The molecule has 3 aromatic rings. The number of aromatic nitrogens is 2. The fourth-order valence-electron chi connectivity index (χ4n) is 2.01. The van der Waals surface area contributed by atoms with Crippen molar-refractivity contribution in [3.63, 3.8) is 0 Å². The summed E-state index contributed by atoms with van der Waals surface area (Å²) in [5.41, 5.74) is 1.64. The van der Waals surface area contributed by atoms with Crippen LogP contribution in [0.2, 0.25) is 0 Å². The van der Waals surface area contributed by atoms with Gasteiger partial charge in [-0.05, 0) is 31.2 Å². The molecular weight excluding hydrogens is 314 g/mol. The van der Waals surface area contributed by atoms with E-state index in [1.165, 1.54) is 11.3 Å². The number of aryl methyl sites for hydroxylation is 1. The van der Waals surface area contributed by atoms with Gasteiger partial charge in [-0.25, -0.2) is 4.98 Å². The van der Waals surface area contributed by atoms with Crippen molar-refractivity contribution in [1.29, 1.82) is 0 Å². The molecule has 3 rings (SSSR count). The summed E-state index contributed by atoms with van der Waals surface area (Å²) in [5, 5.41) is 7.42. The average molecular weight is 329 g/mol. The highest BCUT2D eigenvalue weighted by molar-refractivity contribution is 7.16. The van der Waals surface area contributed by atoms with E-state index in [4.69, 9.17) is 9.26 Å². The minimum absolute atomic E-state index is 0.178. The van der Waals surface area contributed by atoms with Crippen molar-refractivity contribution in [2.75, 3.05) is 7.11 Å². The first-order chi connectivity index (χ1) is 11.2. The number of thiazole rings is 1. The van der Waals surface area contributed by atoms with Crippen LogP contribution in [-0.2, 0) is 6.54 Å². The second-order valence-electron chi connectivity index (χ2n) is 4.87. The number of methoxy groups -OCH3 is 1.